The van der Waals surface area contributed by atoms with Gasteiger partial charge in [-0.3, -0.25) is 0 Å². The summed E-state index contributed by atoms with van der Waals surface area (Å²) in [5.41, 5.74) is 0.949. The molecule has 1 aliphatic rings. The highest BCUT2D eigenvalue weighted by Gasteiger charge is 2.25. The van der Waals surface area contributed by atoms with Crippen LogP contribution in [0.2, 0.25) is 5.02 Å². The van der Waals surface area contributed by atoms with Crippen molar-refractivity contribution in [2.45, 2.75) is 0 Å². The Labute approximate surface area is 136 Å². The van der Waals surface area contributed by atoms with E-state index in [1.807, 2.05) is 0 Å². The van der Waals surface area contributed by atoms with E-state index in [-0.39, 0.29) is 11.6 Å². The number of esters is 1. The molecule has 0 radical (unpaired) electrons. The number of methoxy groups -OCH3 is 1. The van der Waals surface area contributed by atoms with E-state index in [0.717, 1.165) is 0 Å². The van der Waals surface area contributed by atoms with Gasteiger partial charge in [0.1, 0.15) is 11.6 Å². The highest BCUT2D eigenvalue weighted by molar-refractivity contribution is 6.34. The molecule has 1 heterocycles. The molecular weight excluding hydrogens is 321 g/mol. The van der Waals surface area contributed by atoms with Crippen molar-refractivity contribution in [1.29, 1.82) is 0 Å². The number of cyclic esters (lactones) is 1. The fraction of sp³-hybridized carbons (Fsp3) is 0.0588. The van der Waals surface area contributed by atoms with Gasteiger partial charge in [-0.2, -0.15) is 0 Å². The van der Waals surface area contributed by atoms with Crippen LogP contribution in [0.5, 0.6) is 5.75 Å². The van der Waals surface area contributed by atoms with Gasteiger partial charge in [-0.15, -0.1) is 0 Å². The zero-order chi connectivity index (χ0) is 16.4. The van der Waals surface area contributed by atoms with Crippen LogP contribution < -0.4 is 4.74 Å². The minimum Gasteiger partial charge on any atom is -0.496 e. The van der Waals surface area contributed by atoms with E-state index >= 15 is 0 Å². The minimum atomic E-state index is -0.633. The summed E-state index contributed by atoms with van der Waals surface area (Å²) in [5.74, 6) is -0.541. The van der Waals surface area contributed by atoms with E-state index in [1.165, 1.54) is 31.4 Å². The van der Waals surface area contributed by atoms with Gasteiger partial charge in [0.2, 0.25) is 5.90 Å². The molecule has 0 bridgehead atoms. The predicted molar refractivity (Wildman–Crippen MR) is 85.0 cm³/mol. The normalized spacial score (nSPS) is 15.5. The fourth-order valence-electron chi connectivity index (χ4n) is 2.12. The molecule has 1 aliphatic heterocycles. The monoisotopic (exact) mass is 331 g/mol. The average Bonchev–Trinajstić information content (AvgIpc) is 2.89. The lowest BCUT2D eigenvalue weighted by Gasteiger charge is -2.04. The molecule has 23 heavy (non-hydrogen) atoms. The van der Waals surface area contributed by atoms with Gasteiger partial charge in [0.25, 0.3) is 0 Å². The van der Waals surface area contributed by atoms with Gasteiger partial charge in [0, 0.05) is 5.56 Å². The lowest BCUT2D eigenvalue weighted by Crippen LogP contribution is -2.05. The number of carbonyl (C=O) groups is 1. The first-order valence-electron chi connectivity index (χ1n) is 6.69. The molecule has 116 valence electrons. The van der Waals surface area contributed by atoms with Crippen molar-refractivity contribution in [3.05, 3.63) is 70.1 Å². The Morgan fingerprint density at radius 1 is 1.26 bits per heavy atom. The summed E-state index contributed by atoms with van der Waals surface area (Å²) in [7, 11) is 1.46. The molecule has 0 atom stereocenters. The van der Waals surface area contributed by atoms with Crippen LogP contribution >= 0.6 is 11.6 Å². The van der Waals surface area contributed by atoms with Crippen LogP contribution in [0.4, 0.5) is 4.39 Å². The molecule has 0 aliphatic carbocycles. The Hall–Kier alpha value is -2.66. The van der Waals surface area contributed by atoms with Crippen LogP contribution in [0.25, 0.3) is 6.08 Å². The number of aliphatic imine (C=N–C) groups is 1. The number of benzene rings is 2. The van der Waals surface area contributed by atoms with Gasteiger partial charge in [-0.05, 0) is 36.4 Å². The summed E-state index contributed by atoms with van der Waals surface area (Å²) in [6, 6.07) is 10.9. The summed E-state index contributed by atoms with van der Waals surface area (Å²) < 4.78 is 23.7. The van der Waals surface area contributed by atoms with Gasteiger partial charge in [0.15, 0.2) is 5.70 Å². The second-order valence-corrected chi connectivity index (χ2v) is 5.11. The highest BCUT2D eigenvalue weighted by atomic mass is 35.5. The molecule has 0 N–H and O–H groups in total. The maximum absolute atomic E-state index is 13.4. The first kappa shape index (κ1) is 15.2. The molecule has 0 fully saturated rings. The number of halogens is 2. The van der Waals surface area contributed by atoms with Crippen molar-refractivity contribution in [3.63, 3.8) is 0 Å². The molecule has 0 aromatic heterocycles. The van der Waals surface area contributed by atoms with E-state index in [1.54, 1.807) is 24.3 Å². The van der Waals surface area contributed by atoms with E-state index < -0.39 is 11.8 Å². The SMILES string of the molecule is COc1ccc(F)cc1/C=C1/N=C(c2ccccc2Cl)OC1=O. The summed E-state index contributed by atoms with van der Waals surface area (Å²) in [5, 5.41) is 0.420. The van der Waals surface area contributed by atoms with Gasteiger partial charge in [-0.25, -0.2) is 14.2 Å². The highest BCUT2D eigenvalue weighted by Crippen LogP contribution is 2.27. The largest absolute Gasteiger partial charge is 0.496 e. The van der Waals surface area contributed by atoms with Gasteiger partial charge in [-0.1, -0.05) is 23.7 Å². The van der Waals surface area contributed by atoms with Crippen LogP contribution in [0.3, 0.4) is 0 Å². The fourth-order valence-corrected chi connectivity index (χ4v) is 2.34. The minimum absolute atomic E-state index is 0.0452. The van der Waals surface area contributed by atoms with Crippen LogP contribution in [0.1, 0.15) is 11.1 Å². The Morgan fingerprint density at radius 3 is 2.78 bits per heavy atom. The standard InChI is InChI=1S/C17H11ClFNO3/c1-22-15-7-6-11(19)8-10(15)9-14-17(21)23-16(20-14)12-4-2-3-5-13(12)18/h2-9H,1H3/b14-9+. The number of ether oxygens (including phenoxy) is 2. The van der Waals surface area contributed by atoms with Crippen LogP contribution in [0.15, 0.2) is 53.2 Å². The van der Waals surface area contributed by atoms with E-state index in [2.05, 4.69) is 4.99 Å². The average molecular weight is 332 g/mol. The molecule has 0 amide bonds. The Morgan fingerprint density at radius 2 is 2.04 bits per heavy atom. The zero-order valence-electron chi connectivity index (χ0n) is 12.0. The van der Waals surface area contributed by atoms with Crippen LogP contribution in [-0.2, 0) is 9.53 Å². The van der Waals surface area contributed by atoms with Crippen molar-refractivity contribution in [1.82, 2.24) is 0 Å². The van der Waals surface area contributed by atoms with E-state index in [4.69, 9.17) is 21.1 Å². The van der Waals surface area contributed by atoms with Crippen molar-refractivity contribution in [3.8, 4) is 5.75 Å². The Bertz CT molecular complexity index is 845. The smallest absolute Gasteiger partial charge is 0.363 e. The number of hydrogen-bond donors (Lipinski definition) is 0. The number of carbonyl (C=O) groups excluding carboxylic acids is 1. The first-order valence-corrected chi connectivity index (χ1v) is 7.07. The maximum Gasteiger partial charge on any atom is 0.363 e. The third kappa shape index (κ3) is 3.10. The molecule has 2 aromatic carbocycles. The summed E-state index contributed by atoms with van der Waals surface area (Å²) in [6.07, 6.45) is 1.41. The number of hydrogen-bond acceptors (Lipinski definition) is 4. The molecular formula is C17H11ClFNO3. The van der Waals surface area contributed by atoms with Crippen molar-refractivity contribution in [2.24, 2.45) is 4.99 Å². The number of nitrogens with zero attached hydrogens (tertiary/aromatic N) is 1. The molecule has 6 heteroatoms. The molecule has 0 unspecified atom stereocenters. The second kappa shape index (κ2) is 6.22. The van der Waals surface area contributed by atoms with Crippen molar-refractivity contribution < 1.29 is 18.7 Å². The first-order chi connectivity index (χ1) is 11.1. The van der Waals surface area contributed by atoms with Gasteiger partial charge in [0.05, 0.1) is 17.7 Å². The predicted octanol–water partition coefficient (Wildman–Crippen LogP) is 3.83. The van der Waals surface area contributed by atoms with Crippen LogP contribution in [0, 0.1) is 5.82 Å². The van der Waals surface area contributed by atoms with Crippen LogP contribution in [-0.4, -0.2) is 19.0 Å². The molecule has 4 nitrogen and oxygen atoms in total. The van der Waals surface area contributed by atoms with Gasteiger partial charge >= 0.3 is 5.97 Å². The topological polar surface area (TPSA) is 47.9 Å². The lowest BCUT2D eigenvalue weighted by atomic mass is 10.1. The molecule has 0 saturated heterocycles. The zero-order valence-corrected chi connectivity index (χ0v) is 12.8. The second-order valence-electron chi connectivity index (χ2n) is 4.70. The maximum atomic E-state index is 13.4. The molecule has 0 saturated carbocycles. The molecule has 3 rings (SSSR count). The van der Waals surface area contributed by atoms with E-state index in [9.17, 15) is 9.18 Å². The lowest BCUT2D eigenvalue weighted by molar-refractivity contribution is -0.129. The third-order valence-electron chi connectivity index (χ3n) is 3.21. The summed E-state index contributed by atoms with van der Waals surface area (Å²) >= 11 is 6.07. The Balaban J connectivity index is 2.02. The number of rotatable bonds is 3. The molecule has 0 spiro atoms. The summed E-state index contributed by atoms with van der Waals surface area (Å²) in [4.78, 5) is 16.1. The Kier molecular flexibility index (Phi) is 4.12. The third-order valence-corrected chi connectivity index (χ3v) is 3.54. The quantitative estimate of drug-likeness (QED) is 0.634. The van der Waals surface area contributed by atoms with Gasteiger partial charge < -0.3 is 9.47 Å². The molecule has 2 aromatic rings. The van der Waals surface area contributed by atoms with Crippen molar-refractivity contribution >= 4 is 29.5 Å². The summed E-state index contributed by atoms with van der Waals surface area (Å²) in [6.45, 7) is 0. The van der Waals surface area contributed by atoms with E-state index in [0.29, 0.717) is 21.9 Å². The van der Waals surface area contributed by atoms with Crippen molar-refractivity contribution in [2.75, 3.05) is 7.11 Å².